The Balaban J connectivity index is 1.51. The first kappa shape index (κ1) is 21.7. The number of rotatable bonds is 7. The summed E-state index contributed by atoms with van der Waals surface area (Å²) in [5.74, 6) is 0.944. The molecule has 0 spiro atoms. The monoisotopic (exact) mass is 467 g/mol. The topological polar surface area (TPSA) is 115 Å². The van der Waals surface area contributed by atoms with Crippen molar-refractivity contribution in [2.24, 2.45) is 0 Å². The Hall–Kier alpha value is -3.55. The molecule has 1 amide bonds. The molecule has 32 heavy (non-hydrogen) atoms. The second-order valence-corrected chi connectivity index (χ2v) is 8.28. The van der Waals surface area contributed by atoms with Gasteiger partial charge >= 0.3 is 0 Å². The largest absolute Gasteiger partial charge is 0.467 e. The van der Waals surface area contributed by atoms with Crippen LogP contribution < -0.4 is 5.32 Å². The molecule has 4 rings (SSSR count). The summed E-state index contributed by atoms with van der Waals surface area (Å²) in [6.45, 7) is 4.17. The molecule has 162 valence electrons. The molecule has 1 N–H and O–H groups in total. The molecule has 11 heteroatoms. The summed E-state index contributed by atoms with van der Waals surface area (Å²) in [5.41, 5.74) is 2.85. The lowest BCUT2D eigenvalue weighted by atomic mass is 10.2. The second-order valence-electron chi connectivity index (χ2n) is 6.90. The fourth-order valence-electron chi connectivity index (χ4n) is 3.20. The Bertz CT molecular complexity index is 1290. The van der Waals surface area contributed by atoms with Crippen molar-refractivity contribution in [3.8, 4) is 11.8 Å². The van der Waals surface area contributed by atoms with E-state index < -0.39 is 0 Å². The minimum Gasteiger partial charge on any atom is -0.467 e. The SMILES string of the molecule is Cc1c(C#N)c(NC(=O)CSc2nnnn2-c2ccc(Cl)cc2)n(Cc2ccco2)c1C. The molecule has 0 radical (unpaired) electrons. The van der Waals surface area contributed by atoms with Crippen molar-refractivity contribution in [3.05, 3.63) is 70.3 Å². The van der Waals surface area contributed by atoms with Crippen molar-refractivity contribution in [2.45, 2.75) is 25.5 Å². The minimum absolute atomic E-state index is 0.0584. The summed E-state index contributed by atoms with van der Waals surface area (Å²) in [6.07, 6.45) is 1.59. The third-order valence-corrected chi connectivity index (χ3v) is 6.11. The first-order valence-corrected chi connectivity index (χ1v) is 10.9. The van der Waals surface area contributed by atoms with Crippen LogP contribution in [0.25, 0.3) is 5.69 Å². The third-order valence-electron chi connectivity index (χ3n) is 4.94. The molecule has 0 aliphatic rings. The number of benzene rings is 1. The summed E-state index contributed by atoms with van der Waals surface area (Å²) >= 11 is 7.12. The molecule has 0 atom stereocenters. The van der Waals surface area contributed by atoms with Gasteiger partial charge in [-0.3, -0.25) is 4.79 Å². The highest BCUT2D eigenvalue weighted by Gasteiger charge is 2.21. The van der Waals surface area contributed by atoms with E-state index >= 15 is 0 Å². The number of nitriles is 1. The van der Waals surface area contributed by atoms with Gasteiger partial charge in [0.2, 0.25) is 11.1 Å². The van der Waals surface area contributed by atoms with Gasteiger partial charge in [0, 0.05) is 10.7 Å². The summed E-state index contributed by atoms with van der Waals surface area (Å²) in [4.78, 5) is 12.8. The molecule has 4 aromatic rings. The van der Waals surface area contributed by atoms with E-state index in [0.29, 0.717) is 28.1 Å². The summed E-state index contributed by atoms with van der Waals surface area (Å²) in [5, 5.41) is 25.3. The maximum absolute atomic E-state index is 12.8. The van der Waals surface area contributed by atoms with Gasteiger partial charge in [-0.2, -0.15) is 9.94 Å². The molecule has 3 heterocycles. The number of aromatic nitrogens is 5. The predicted octanol–water partition coefficient (Wildman–Crippen LogP) is 3.98. The van der Waals surface area contributed by atoms with Gasteiger partial charge in [0.25, 0.3) is 0 Å². The first-order valence-electron chi connectivity index (χ1n) is 9.57. The smallest absolute Gasteiger partial charge is 0.235 e. The van der Waals surface area contributed by atoms with E-state index in [1.54, 1.807) is 36.6 Å². The van der Waals surface area contributed by atoms with Gasteiger partial charge in [0.15, 0.2) is 0 Å². The highest BCUT2D eigenvalue weighted by molar-refractivity contribution is 7.99. The van der Waals surface area contributed by atoms with Crippen LogP contribution in [0, 0.1) is 25.2 Å². The molecule has 0 fully saturated rings. The van der Waals surface area contributed by atoms with Crippen molar-refractivity contribution in [1.29, 1.82) is 5.26 Å². The zero-order valence-corrected chi connectivity index (χ0v) is 18.8. The maximum Gasteiger partial charge on any atom is 0.235 e. The predicted molar refractivity (Wildman–Crippen MR) is 120 cm³/mol. The molecule has 0 bridgehead atoms. The number of thioether (sulfide) groups is 1. The number of hydrogen-bond acceptors (Lipinski definition) is 7. The van der Waals surface area contributed by atoms with E-state index in [0.717, 1.165) is 22.7 Å². The number of nitrogens with zero attached hydrogens (tertiary/aromatic N) is 6. The lowest BCUT2D eigenvalue weighted by Crippen LogP contribution is -2.19. The van der Waals surface area contributed by atoms with Crippen LogP contribution in [-0.2, 0) is 11.3 Å². The van der Waals surface area contributed by atoms with Crippen molar-refractivity contribution in [1.82, 2.24) is 24.8 Å². The summed E-state index contributed by atoms with van der Waals surface area (Å²) in [6, 6.07) is 12.9. The van der Waals surface area contributed by atoms with Gasteiger partial charge in [0.05, 0.1) is 29.8 Å². The van der Waals surface area contributed by atoms with Crippen LogP contribution in [0.3, 0.4) is 0 Å². The number of anilines is 1. The number of amides is 1. The Morgan fingerprint density at radius 1 is 1.28 bits per heavy atom. The van der Waals surface area contributed by atoms with E-state index in [9.17, 15) is 10.1 Å². The Morgan fingerprint density at radius 3 is 2.75 bits per heavy atom. The maximum atomic E-state index is 12.8. The lowest BCUT2D eigenvalue weighted by Gasteiger charge is -2.12. The molecule has 9 nitrogen and oxygen atoms in total. The van der Waals surface area contributed by atoms with Crippen molar-refractivity contribution >= 4 is 35.1 Å². The number of halogens is 1. The fourth-order valence-corrected chi connectivity index (χ4v) is 4.01. The van der Waals surface area contributed by atoms with Gasteiger partial charge in [-0.25, -0.2) is 0 Å². The molecule has 1 aromatic carbocycles. The average Bonchev–Trinajstić information content (AvgIpc) is 3.51. The number of furan rings is 1. The van der Waals surface area contributed by atoms with Gasteiger partial charge in [-0.05, 0) is 66.2 Å². The number of nitrogens with one attached hydrogen (secondary N) is 1. The first-order chi connectivity index (χ1) is 15.5. The fraction of sp³-hybridized carbons (Fsp3) is 0.190. The molecule has 3 aromatic heterocycles. The molecule has 0 aliphatic heterocycles. The van der Waals surface area contributed by atoms with E-state index in [-0.39, 0.29) is 11.7 Å². The van der Waals surface area contributed by atoms with Crippen LogP contribution in [0.1, 0.15) is 22.6 Å². The second kappa shape index (κ2) is 9.30. The van der Waals surface area contributed by atoms with Crippen LogP contribution >= 0.6 is 23.4 Å². The third kappa shape index (κ3) is 4.39. The van der Waals surface area contributed by atoms with Crippen molar-refractivity contribution in [3.63, 3.8) is 0 Å². The van der Waals surface area contributed by atoms with Crippen LogP contribution in [0.15, 0.2) is 52.2 Å². The van der Waals surface area contributed by atoms with Gasteiger partial charge in [-0.15, -0.1) is 5.10 Å². The minimum atomic E-state index is -0.282. The number of tetrazole rings is 1. The van der Waals surface area contributed by atoms with Gasteiger partial charge < -0.3 is 14.3 Å². The standard InChI is InChI=1S/C21H18ClN7O2S/c1-13-14(2)28(11-17-4-3-9-31-17)20(18(13)10-23)24-19(30)12-32-21-25-26-27-29(21)16-7-5-15(22)6-8-16/h3-9H,11-12H2,1-2H3,(H,24,30). The molecule has 0 unspecified atom stereocenters. The van der Waals surface area contributed by atoms with Crippen LogP contribution in [-0.4, -0.2) is 36.4 Å². The Kier molecular flexibility index (Phi) is 6.30. The zero-order chi connectivity index (χ0) is 22.7. The van der Waals surface area contributed by atoms with Crippen LogP contribution in [0.4, 0.5) is 5.82 Å². The molecule has 0 saturated heterocycles. The number of hydrogen-bond donors (Lipinski definition) is 1. The molecule has 0 saturated carbocycles. The molecular formula is C21H18ClN7O2S. The highest BCUT2D eigenvalue weighted by atomic mass is 35.5. The van der Waals surface area contributed by atoms with Crippen LogP contribution in [0.5, 0.6) is 0 Å². The van der Waals surface area contributed by atoms with Crippen LogP contribution in [0.2, 0.25) is 5.02 Å². The van der Waals surface area contributed by atoms with Crippen molar-refractivity contribution in [2.75, 3.05) is 11.1 Å². The number of carbonyl (C=O) groups is 1. The lowest BCUT2D eigenvalue weighted by molar-refractivity contribution is -0.113. The quantitative estimate of drug-likeness (QED) is 0.409. The Labute approximate surface area is 193 Å². The average molecular weight is 468 g/mol. The van der Waals surface area contributed by atoms with E-state index in [1.165, 1.54) is 16.4 Å². The van der Waals surface area contributed by atoms with Crippen molar-refractivity contribution < 1.29 is 9.21 Å². The molecule has 0 aliphatic carbocycles. The van der Waals surface area contributed by atoms with E-state index in [2.05, 4.69) is 26.9 Å². The van der Waals surface area contributed by atoms with Gasteiger partial charge in [-0.1, -0.05) is 23.4 Å². The van der Waals surface area contributed by atoms with Gasteiger partial charge in [0.1, 0.15) is 17.6 Å². The Morgan fingerprint density at radius 2 is 2.06 bits per heavy atom. The highest BCUT2D eigenvalue weighted by Crippen LogP contribution is 2.28. The zero-order valence-electron chi connectivity index (χ0n) is 17.2. The van der Waals surface area contributed by atoms with E-state index in [1.807, 2.05) is 24.5 Å². The van der Waals surface area contributed by atoms with E-state index in [4.69, 9.17) is 16.0 Å². The number of carbonyl (C=O) groups excluding carboxylic acids is 1. The summed E-state index contributed by atoms with van der Waals surface area (Å²) in [7, 11) is 0. The molecular weight excluding hydrogens is 450 g/mol. The summed E-state index contributed by atoms with van der Waals surface area (Å²) < 4.78 is 8.84. The normalized spacial score (nSPS) is 10.8.